The van der Waals surface area contributed by atoms with Crippen LogP contribution < -0.4 is 10.5 Å². The molecule has 0 aliphatic carbocycles. The van der Waals surface area contributed by atoms with Crippen LogP contribution in [-0.2, 0) is 13.0 Å². The third-order valence-corrected chi connectivity index (χ3v) is 4.31. The van der Waals surface area contributed by atoms with Crippen molar-refractivity contribution in [2.45, 2.75) is 32.4 Å². The summed E-state index contributed by atoms with van der Waals surface area (Å²) < 4.78 is 5.95. The Morgan fingerprint density at radius 3 is 2.64 bits per heavy atom. The summed E-state index contributed by atoms with van der Waals surface area (Å²) in [5.41, 5.74) is 9.60. The van der Waals surface area contributed by atoms with Gasteiger partial charge in [-0.3, -0.25) is 4.90 Å². The molecule has 2 aromatic rings. The molecule has 3 heteroatoms. The highest BCUT2D eigenvalue weighted by atomic mass is 16.5. The standard InChI is InChI=1S/C19H24N2O/c1-15(22-19-9-5-4-8-18(19)20)10-12-21-13-11-16-6-2-3-7-17(16)14-21/h2-9,15H,10-14,20H2,1H3. The zero-order chi connectivity index (χ0) is 15.4. The topological polar surface area (TPSA) is 38.5 Å². The first-order valence-corrected chi connectivity index (χ1v) is 8.02. The van der Waals surface area contributed by atoms with E-state index >= 15 is 0 Å². The Morgan fingerprint density at radius 1 is 1.09 bits per heavy atom. The van der Waals surface area contributed by atoms with Gasteiger partial charge in [-0.25, -0.2) is 0 Å². The molecule has 0 radical (unpaired) electrons. The molecule has 0 amide bonds. The zero-order valence-electron chi connectivity index (χ0n) is 13.2. The Labute approximate surface area is 132 Å². The third-order valence-electron chi connectivity index (χ3n) is 4.31. The summed E-state index contributed by atoms with van der Waals surface area (Å²) in [6.45, 7) is 5.36. The molecule has 0 saturated carbocycles. The first kappa shape index (κ1) is 14.9. The van der Waals surface area contributed by atoms with Crippen LogP contribution in [0.4, 0.5) is 5.69 Å². The first-order chi connectivity index (χ1) is 10.7. The molecule has 3 nitrogen and oxygen atoms in total. The molecule has 0 spiro atoms. The Bertz CT molecular complexity index is 626. The van der Waals surface area contributed by atoms with Crippen LogP contribution in [0.15, 0.2) is 48.5 Å². The molecule has 0 aromatic heterocycles. The van der Waals surface area contributed by atoms with E-state index in [2.05, 4.69) is 36.1 Å². The van der Waals surface area contributed by atoms with Gasteiger partial charge in [-0.1, -0.05) is 36.4 Å². The monoisotopic (exact) mass is 296 g/mol. The van der Waals surface area contributed by atoms with Crippen molar-refractivity contribution in [3.8, 4) is 5.75 Å². The second-order valence-electron chi connectivity index (χ2n) is 6.05. The number of nitrogen functional groups attached to an aromatic ring is 1. The Hall–Kier alpha value is -2.00. The smallest absolute Gasteiger partial charge is 0.142 e. The highest BCUT2D eigenvalue weighted by Crippen LogP contribution is 2.23. The van der Waals surface area contributed by atoms with Crippen LogP contribution >= 0.6 is 0 Å². The number of hydrogen-bond donors (Lipinski definition) is 1. The molecule has 1 heterocycles. The number of ether oxygens (including phenoxy) is 1. The second-order valence-corrected chi connectivity index (χ2v) is 6.05. The van der Waals surface area contributed by atoms with Crippen LogP contribution in [0.1, 0.15) is 24.5 Å². The summed E-state index contributed by atoms with van der Waals surface area (Å²) in [7, 11) is 0. The van der Waals surface area contributed by atoms with Gasteiger partial charge in [0.05, 0.1) is 11.8 Å². The van der Waals surface area contributed by atoms with Crippen LogP contribution in [0.25, 0.3) is 0 Å². The number of hydrogen-bond acceptors (Lipinski definition) is 3. The predicted molar refractivity (Wildman–Crippen MR) is 91.0 cm³/mol. The van der Waals surface area contributed by atoms with Crippen LogP contribution in [-0.4, -0.2) is 24.1 Å². The van der Waals surface area contributed by atoms with Crippen LogP contribution in [0, 0.1) is 0 Å². The number of fused-ring (bicyclic) bond motifs is 1. The fourth-order valence-electron chi connectivity index (χ4n) is 2.97. The van der Waals surface area contributed by atoms with E-state index in [1.165, 1.54) is 11.1 Å². The Morgan fingerprint density at radius 2 is 1.82 bits per heavy atom. The van der Waals surface area contributed by atoms with E-state index < -0.39 is 0 Å². The van der Waals surface area contributed by atoms with E-state index in [0.29, 0.717) is 5.69 Å². The van der Waals surface area contributed by atoms with Crippen LogP contribution in [0.3, 0.4) is 0 Å². The van der Waals surface area contributed by atoms with E-state index in [-0.39, 0.29) is 6.10 Å². The lowest BCUT2D eigenvalue weighted by Crippen LogP contribution is -2.33. The van der Waals surface area contributed by atoms with Gasteiger partial charge < -0.3 is 10.5 Å². The molecule has 0 saturated heterocycles. The number of nitrogens with zero attached hydrogens (tertiary/aromatic N) is 1. The summed E-state index contributed by atoms with van der Waals surface area (Å²) in [6.07, 6.45) is 2.33. The fraction of sp³-hybridized carbons (Fsp3) is 0.368. The van der Waals surface area contributed by atoms with E-state index in [4.69, 9.17) is 10.5 Å². The summed E-state index contributed by atoms with van der Waals surface area (Å²) in [5.74, 6) is 0.791. The number of para-hydroxylation sites is 2. The SMILES string of the molecule is CC(CCN1CCc2ccccc2C1)Oc1ccccc1N. The number of benzene rings is 2. The van der Waals surface area contributed by atoms with Gasteiger partial charge >= 0.3 is 0 Å². The van der Waals surface area contributed by atoms with Crippen LogP contribution in [0.5, 0.6) is 5.75 Å². The highest BCUT2D eigenvalue weighted by Gasteiger charge is 2.16. The largest absolute Gasteiger partial charge is 0.489 e. The lowest BCUT2D eigenvalue weighted by Gasteiger charge is -2.29. The molecule has 1 aliphatic rings. The lowest BCUT2D eigenvalue weighted by molar-refractivity contribution is 0.170. The molecule has 2 aromatic carbocycles. The maximum atomic E-state index is 5.95. The molecule has 116 valence electrons. The quantitative estimate of drug-likeness (QED) is 0.858. The Kier molecular flexibility index (Phi) is 4.64. The van der Waals surface area contributed by atoms with Gasteiger partial charge in [-0.05, 0) is 43.0 Å². The Balaban J connectivity index is 1.50. The molecule has 3 rings (SSSR count). The van der Waals surface area contributed by atoms with Crippen molar-refractivity contribution < 1.29 is 4.74 Å². The average Bonchev–Trinajstić information content (AvgIpc) is 2.55. The summed E-state index contributed by atoms with van der Waals surface area (Å²) in [5, 5.41) is 0. The first-order valence-electron chi connectivity index (χ1n) is 8.02. The normalized spacial score (nSPS) is 16.0. The van der Waals surface area contributed by atoms with Gasteiger partial charge in [0.15, 0.2) is 0 Å². The summed E-state index contributed by atoms with van der Waals surface area (Å²) in [4.78, 5) is 2.51. The van der Waals surface area contributed by atoms with Gasteiger partial charge in [0, 0.05) is 19.6 Å². The summed E-state index contributed by atoms with van der Waals surface area (Å²) in [6, 6.07) is 16.5. The van der Waals surface area contributed by atoms with Crippen molar-refractivity contribution in [1.29, 1.82) is 0 Å². The zero-order valence-corrected chi connectivity index (χ0v) is 13.2. The van der Waals surface area contributed by atoms with Crippen molar-refractivity contribution >= 4 is 5.69 Å². The highest BCUT2D eigenvalue weighted by molar-refractivity contribution is 5.51. The minimum atomic E-state index is 0.168. The van der Waals surface area contributed by atoms with E-state index in [0.717, 1.165) is 38.2 Å². The lowest BCUT2D eigenvalue weighted by atomic mass is 10.00. The van der Waals surface area contributed by atoms with Crippen molar-refractivity contribution in [2.75, 3.05) is 18.8 Å². The maximum absolute atomic E-state index is 5.95. The molecule has 1 atom stereocenters. The number of rotatable bonds is 5. The van der Waals surface area contributed by atoms with Gasteiger partial charge in [-0.15, -0.1) is 0 Å². The van der Waals surface area contributed by atoms with Crippen LogP contribution in [0.2, 0.25) is 0 Å². The fourth-order valence-corrected chi connectivity index (χ4v) is 2.97. The molecular weight excluding hydrogens is 272 g/mol. The molecule has 22 heavy (non-hydrogen) atoms. The van der Waals surface area contributed by atoms with Gasteiger partial charge in [0.25, 0.3) is 0 Å². The van der Waals surface area contributed by atoms with Gasteiger partial charge in [0.2, 0.25) is 0 Å². The van der Waals surface area contributed by atoms with Crippen molar-refractivity contribution in [3.05, 3.63) is 59.7 Å². The molecule has 2 N–H and O–H groups in total. The van der Waals surface area contributed by atoms with Crippen molar-refractivity contribution in [3.63, 3.8) is 0 Å². The second kappa shape index (κ2) is 6.84. The van der Waals surface area contributed by atoms with E-state index in [9.17, 15) is 0 Å². The molecule has 0 fully saturated rings. The minimum absolute atomic E-state index is 0.168. The molecule has 0 bridgehead atoms. The van der Waals surface area contributed by atoms with Gasteiger partial charge in [0.1, 0.15) is 5.75 Å². The van der Waals surface area contributed by atoms with E-state index in [1.807, 2.05) is 24.3 Å². The van der Waals surface area contributed by atoms with Crippen molar-refractivity contribution in [1.82, 2.24) is 4.90 Å². The number of nitrogens with two attached hydrogens (primary N) is 1. The molecule has 1 unspecified atom stereocenters. The predicted octanol–water partition coefficient (Wildman–Crippen LogP) is 3.48. The molecular formula is C19H24N2O. The maximum Gasteiger partial charge on any atom is 0.142 e. The van der Waals surface area contributed by atoms with Crippen molar-refractivity contribution in [2.24, 2.45) is 0 Å². The number of anilines is 1. The summed E-state index contributed by atoms with van der Waals surface area (Å²) >= 11 is 0. The average molecular weight is 296 g/mol. The molecule has 1 aliphatic heterocycles. The minimum Gasteiger partial charge on any atom is -0.489 e. The van der Waals surface area contributed by atoms with Gasteiger partial charge in [-0.2, -0.15) is 0 Å². The third kappa shape index (κ3) is 3.60. The van der Waals surface area contributed by atoms with E-state index in [1.54, 1.807) is 0 Å².